The van der Waals surface area contributed by atoms with Crippen molar-refractivity contribution in [3.8, 4) is 11.8 Å². The summed E-state index contributed by atoms with van der Waals surface area (Å²) in [6.45, 7) is 2.04. The van der Waals surface area contributed by atoms with Gasteiger partial charge in [0.25, 0.3) is 0 Å². The van der Waals surface area contributed by atoms with E-state index in [4.69, 9.17) is 21.6 Å². The molecule has 0 saturated carbocycles. The Kier molecular flexibility index (Phi) is 5.45. The van der Waals surface area contributed by atoms with Gasteiger partial charge in [-0.25, -0.2) is 0 Å². The van der Waals surface area contributed by atoms with Gasteiger partial charge in [-0.05, 0) is 42.8 Å². The van der Waals surface area contributed by atoms with Crippen LogP contribution in [-0.2, 0) is 4.79 Å². The minimum atomic E-state index is -0.227. The first-order valence-corrected chi connectivity index (χ1v) is 7.29. The first kappa shape index (κ1) is 16.7. The van der Waals surface area contributed by atoms with Gasteiger partial charge in [0.05, 0.1) is 29.9 Å². The Morgan fingerprint density at radius 3 is 2.74 bits per heavy atom. The highest BCUT2D eigenvalue weighted by molar-refractivity contribution is 6.32. The molecular weight excluding hydrogens is 314 g/mol. The monoisotopic (exact) mass is 329 g/mol. The first-order valence-electron chi connectivity index (χ1n) is 6.91. The number of carbonyl (C=O) groups is 1. The molecule has 0 aliphatic carbocycles. The summed E-state index contributed by atoms with van der Waals surface area (Å²) in [7, 11) is 1.58. The van der Waals surface area contributed by atoms with Crippen molar-refractivity contribution in [2.75, 3.05) is 24.3 Å². The van der Waals surface area contributed by atoms with Crippen LogP contribution in [0.3, 0.4) is 0 Å². The zero-order chi connectivity index (χ0) is 16.8. The number of nitrogens with zero attached hydrogens (tertiary/aromatic N) is 1. The SMILES string of the molecule is COc1ccc(C)cc1NCC(=O)Nc1ccc(C#N)c(Cl)c1. The predicted molar refractivity (Wildman–Crippen MR) is 91.0 cm³/mol. The maximum Gasteiger partial charge on any atom is 0.243 e. The molecule has 5 nitrogen and oxygen atoms in total. The van der Waals surface area contributed by atoms with Gasteiger partial charge in [0.1, 0.15) is 11.8 Å². The normalized spacial score (nSPS) is 9.83. The lowest BCUT2D eigenvalue weighted by Gasteiger charge is -2.12. The first-order chi connectivity index (χ1) is 11.0. The van der Waals surface area contributed by atoms with E-state index >= 15 is 0 Å². The molecule has 0 heterocycles. The zero-order valence-corrected chi connectivity index (χ0v) is 13.6. The number of hydrogen-bond acceptors (Lipinski definition) is 4. The van der Waals surface area contributed by atoms with E-state index in [9.17, 15) is 4.79 Å². The second-order valence-electron chi connectivity index (χ2n) is 4.91. The van der Waals surface area contributed by atoms with Gasteiger partial charge in [-0.3, -0.25) is 4.79 Å². The number of halogens is 1. The van der Waals surface area contributed by atoms with Gasteiger partial charge in [-0.1, -0.05) is 17.7 Å². The minimum absolute atomic E-state index is 0.0808. The molecule has 2 N–H and O–H groups in total. The van der Waals surface area contributed by atoms with Crippen molar-refractivity contribution in [1.29, 1.82) is 5.26 Å². The van der Waals surface area contributed by atoms with Crippen LogP contribution in [0.4, 0.5) is 11.4 Å². The molecule has 23 heavy (non-hydrogen) atoms. The Morgan fingerprint density at radius 1 is 1.30 bits per heavy atom. The fourth-order valence-electron chi connectivity index (χ4n) is 2.02. The summed E-state index contributed by atoms with van der Waals surface area (Å²) in [6, 6.07) is 12.4. The molecule has 0 atom stereocenters. The van der Waals surface area contributed by atoms with Crippen molar-refractivity contribution in [2.45, 2.75) is 6.92 Å². The molecule has 2 aromatic rings. The van der Waals surface area contributed by atoms with Crippen LogP contribution in [0.2, 0.25) is 5.02 Å². The molecule has 6 heteroatoms. The van der Waals surface area contributed by atoms with Crippen LogP contribution in [0.25, 0.3) is 0 Å². The van der Waals surface area contributed by atoms with Gasteiger partial charge in [-0.2, -0.15) is 5.26 Å². The maximum atomic E-state index is 12.0. The number of ether oxygens (including phenoxy) is 1. The van der Waals surface area contributed by atoms with Crippen molar-refractivity contribution < 1.29 is 9.53 Å². The number of carbonyl (C=O) groups excluding carboxylic acids is 1. The van der Waals surface area contributed by atoms with Crippen LogP contribution in [0, 0.1) is 18.3 Å². The van der Waals surface area contributed by atoms with Crippen molar-refractivity contribution in [3.05, 3.63) is 52.5 Å². The molecule has 118 valence electrons. The quantitative estimate of drug-likeness (QED) is 0.879. The molecule has 0 aliphatic heterocycles. The molecule has 0 fully saturated rings. The number of amides is 1. The number of anilines is 2. The van der Waals surface area contributed by atoms with Crippen LogP contribution in [0.15, 0.2) is 36.4 Å². The molecule has 2 rings (SSSR count). The smallest absolute Gasteiger partial charge is 0.243 e. The van der Waals surface area contributed by atoms with Gasteiger partial charge in [0.2, 0.25) is 5.91 Å². The number of nitriles is 1. The summed E-state index contributed by atoms with van der Waals surface area (Å²) < 4.78 is 5.25. The van der Waals surface area contributed by atoms with E-state index in [-0.39, 0.29) is 12.5 Å². The van der Waals surface area contributed by atoms with Crippen LogP contribution in [0.1, 0.15) is 11.1 Å². The van der Waals surface area contributed by atoms with Gasteiger partial charge < -0.3 is 15.4 Å². The van der Waals surface area contributed by atoms with Crippen LogP contribution >= 0.6 is 11.6 Å². The van der Waals surface area contributed by atoms with E-state index in [2.05, 4.69) is 10.6 Å². The maximum absolute atomic E-state index is 12.0. The number of hydrogen-bond donors (Lipinski definition) is 2. The van der Waals surface area contributed by atoms with Gasteiger partial charge >= 0.3 is 0 Å². The Bertz CT molecular complexity index is 769. The number of methoxy groups -OCH3 is 1. The molecule has 0 spiro atoms. The third-order valence-corrected chi connectivity index (χ3v) is 3.48. The van der Waals surface area contributed by atoms with Crippen LogP contribution in [-0.4, -0.2) is 19.6 Å². The van der Waals surface area contributed by atoms with Crippen LogP contribution < -0.4 is 15.4 Å². The van der Waals surface area contributed by atoms with E-state index in [0.717, 1.165) is 11.3 Å². The highest BCUT2D eigenvalue weighted by Crippen LogP contribution is 2.25. The highest BCUT2D eigenvalue weighted by atomic mass is 35.5. The number of nitrogens with one attached hydrogen (secondary N) is 2. The molecule has 0 aliphatic rings. The summed E-state index contributed by atoms with van der Waals surface area (Å²) in [6.07, 6.45) is 0. The standard InChI is InChI=1S/C17H16ClN3O2/c1-11-3-6-16(23-2)15(7-11)20-10-17(22)21-13-5-4-12(9-19)14(18)8-13/h3-8,20H,10H2,1-2H3,(H,21,22). The summed E-state index contributed by atoms with van der Waals surface area (Å²) in [5.74, 6) is 0.444. The molecule has 0 aromatic heterocycles. The molecular formula is C17H16ClN3O2. The number of aryl methyl sites for hydroxylation is 1. The topological polar surface area (TPSA) is 74.2 Å². The molecule has 1 amide bonds. The fourth-order valence-corrected chi connectivity index (χ4v) is 2.25. The lowest BCUT2D eigenvalue weighted by molar-refractivity contribution is -0.114. The lowest BCUT2D eigenvalue weighted by atomic mass is 10.2. The molecule has 0 bridgehead atoms. The van der Waals surface area contributed by atoms with E-state index in [1.54, 1.807) is 25.3 Å². The second-order valence-corrected chi connectivity index (χ2v) is 5.32. The van der Waals surface area contributed by atoms with Gasteiger partial charge in [0, 0.05) is 5.69 Å². The van der Waals surface area contributed by atoms with E-state index < -0.39 is 0 Å². The van der Waals surface area contributed by atoms with Crippen molar-refractivity contribution in [1.82, 2.24) is 0 Å². The van der Waals surface area contributed by atoms with Crippen molar-refractivity contribution in [2.24, 2.45) is 0 Å². The third-order valence-electron chi connectivity index (χ3n) is 3.17. The molecule has 0 saturated heterocycles. The fraction of sp³-hybridized carbons (Fsp3) is 0.176. The second kappa shape index (κ2) is 7.52. The van der Waals surface area contributed by atoms with Crippen LogP contribution in [0.5, 0.6) is 5.75 Å². The van der Waals surface area contributed by atoms with E-state index in [1.165, 1.54) is 0 Å². The van der Waals surface area contributed by atoms with Crippen molar-refractivity contribution in [3.63, 3.8) is 0 Å². The molecule has 0 radical (unpaired) electrons. The van der Waals surface area contributed by atoms with Gasteiger partial charge in [-0.15, -0.1) is 0 Å². The van der Waals surface area contributed by atoms with Gasteiger partial charge in [0.15, 0.2) is 0 Å². The summed E-state index contributed by atoms with van der Waals surface area (Å²) in [5, 5.41) is 14.9. The Hall–Kier alpha value is -2.71. The average molecular weight is 330 g/mol. The third kappa shape index (κ3) is 4.38. The molecule has 2 aromatic carbocycles. The average Bonchev–Trinajstić information content (AvgIpc) is 2.53. The number of benzene rings is 2. The largest absolute Gasteiger partial charge is 0.495 e. The van der Waals surface area contributed by atoms with E-state index in [0.29, 0.717) is 22.0 Å². The highest BCUT2D eigenvalue weighted by Gasteiger charge is 2.08. The Labute approximate surface area is 139 Å². The van der Waals surface area contributed by atoms with Crippen molar-refractivity contribution >= 4 is 28.9 Å². The number of rotatable bonds is 5. The lowest BCUT2D eigenvalue weighted by Crippen LogP contribution is -2.22. The van der Waals surface area contributed by atoms with E-state index in [1.807, 2.05) is 31.2 Å². The Balaban J connectivity index is 1.99. The summed E-state index contributed by atoms with van der Waals surface area (Å²) in [5.41, 5.74) is 2.72. The predicted octanol–water partition coefficient (Wildman–Crippen LogP) is 3.58. The minimum Gasteiger partial charge on any atom is -0.495 e. The molecule has 0 unspecified atom stereocenters. The summed E-state index contributed by atoms with van der Waals surface area (Å²) >= 11 is 5.94. The summed E-state index contributed by atoms with van der Waals surface area (Å²) in [4.78, 5) is 12.0. The zero-order valence-electron chi connectivity index (χ0n) is 12.8. The Morgan fingerprint density at radius 2 is 2.09 bits per heavy atom.